The van der Waals surface area contributed by atoms with Crippen LogP contribution in [-0.2, 0) is 0 Å². The molecule has 0 spiro atoms. The molecule has 1 aromatic carbocycles. The van der Waals surface area contributed by atoms with Crippen molar-refractivity contribution in [2.24, 2.45) is 0 Å². The molecule has 0 saturated carbocycles. The number of aryl methyl sites for hydroxylation is 1. The molecule has 2 aromatic rings. The van der Waals surface area contributed by atoms with Crippen LogP contribution in [-0.4, -0.2) is 16.3 Å². The van der Waals surface area contributed by atoms with E-state index in [2.05, 4.69) is 14.7 Å². The molecule has 0 aliphatic rings. The predicted octanol–water partition coefficient (Wildman–Crippen LogP) is 3.54. The third-order valence-electron chi connectivity index (χ3n) is 2.39. The van der Waals surface area contributed by atoms with Crippen LogP contribution in [0.2, 0.25) is 0 Å². The quantitative estimate of drug-likeness (QED) is 0.791. The Bertz CT molecular complexity index is 606. The molecule has 1 heterocycles. The Morgan fingerprint density at radius 2 is 1.75 bits per heavy atom. The lowest BCUT2D eigenvalue weighted by atomic mass is 10.2. The van der Waals surface area contributed by atoms with E-state index in [1.165, 1.54) is 24.3 Å². The fourth-order valence-corrected chi connectivity index (χ4v) is 1.76. The van der Waals surface area contributed by atoms with E-state index in [1.54, 1.807) is 6.92 Å². The van der Waals surface area contributed by atoms with Crippen molar-refractivity contribution in [2.75, 3.05) is 5.73 Å². The molecule has 0 bridgehead atoms. The molecule has 0 aliphatic heterocycles. The molecule has 8 heteroatoms. The summed E-state index contributed by atoms with van der Waals surface area (Å²) in [6.07, 6.45) is -4.71. The topological polar surface area (TPSA) is 61.0 Å². The van der Waals surface area contributed by atoms with Crippen molar-refractivity contribution < 1.29 is 17.9 Å². The summed E-state index contributed by atoms with van der Waals surface area (Å²) in [7, 11) is 0. The van der Waals surface area contributed by atoms with Crippen LogP contribution in [0.25, 0.3) is 11.4 Å². The minimum absolute atomic E-state index is 0.295. The standard InChI is InChI=1S/C12H9F3IN3O/c1-6-9(16)10(17)19-11(18-6)7-2-4-8(5-3-7)20-12(13,14)15/h2-5H,1H3,(H2,17,18,19). The summed E-state index contributed by atoms with van der Waals surface area (Å²) < 4.78 is 40.7. The predicted molar refractivity (Wildman–Crippen MR) is 76.0 cm³/mol. The summed E-state index contributed by atoms with van der Waals surface area (Å²) >= 11 is 2.03. The lowest BCUT2D eigenvalue weighted by Crippen LogP contribution is -2.16. The summed E-state index contributed by atoms with van der Waals surface area (Å²) in [6.45, 7) is 1.78. The third kappa shape index (κ3) is 3.50. The van der Waals surface area contributed by atoms with Gasteiger partial charge in [-0.15, -0.1) is 13.2 Å². The van der Waals surface area contributed by atoms with Gasteiger partial charge in [0.25, 0.3) is 0 Å². The molecule has 0 fully saturated rings. The first-order valence-electron chi connectivity index (χ1n) is 5.42. The zero-order valence-electron chi connectivity index (χ0n) is 10.2. The molecule has 2 rings (SSSR count). The first kappa shape index (κ1) is 14.8. The van der Waals surface area contributed by atoms with E-state index in [9.17, 15) is 13.2 Å². The van der Waals surface area contributed by atoms with E-state index in [-0.39, 0.29) is 5.75 Å². The van der Waals surface area contributed by atoms with Crippen molar-refractivity contribution in [1.82, 2.24) is 9.97 Å². The van der Waals surface area contributed by atoms with E-state index in [0.29, 0.717) is 22.9 Å². The van der Waals surface area contributed by atoms with Crippen molar-refractivity contribution in [2.45, 2.75) is 13.3 Å². The van der Waals surface area contributed by atoms with Crippen LogP contribution in [0.1, 0.15) is 5.69 Å². The Labute approximate surface area is 126 Å². The molecule has 1 aromatic heterocycles. The summed E-state index contributed by atoms with van der Waals surface area (Å²) in [5, 5.41) is 0. The maximum absolute atomic E-state index is 12.1. The fraction of sp³-hybridized carbons (Fsp3) is 0.167. The average molecular weight is 395 g/mol. The molecule has 0 amide bonds. The van der Waals surface area contributed by atoms with Gasteiger partial charge < -0.3 is 10.5 Å². The highest BCUT2D eigenvalue weighted by molar-refractivity contribution is 14.1. The molecule has 4 nitrogen and oxygen atoms in total. The van der Waals surface area contributed by atoms with E-state index >= 15 is 0 Å². The van der Waals surface area contributed by atoms with E-state index in [0.717, 1.165) is 3.57 Å². The van der Waals surface area contributed by atoms with Crippen molar-refractivity contribution in [1.29, 1.82) is 0 Å². The normalized spacial score (nSPS) is 11.4. The van der Waals surface area contributed by atoms with Crippen molar-refractivity contribution in [3.63, 3.8) is 0 Å². The molecule has 0 atom stereocenters. The number of nitrogen functional groups attached to an aromatic ring is 1. The van der Waals surface area contributed by atoms with Gasteiger partial charge in [0.1, 0.15) is 11.6 Å². The summed E-state index contributed by atoms with van der Waals surface area (Å²) in [5.74, 6) is 0.402. The molecule has 20 heavy (non-hydrogen) atoms. The van der Waals surface area contributed by atoms with Crippen LogP contribution in [0.3, 0.4) is 0 Å². The van der Waals surface area contributed by atoms with Gasteiger partial charge >= 0.3 is 6.36 Å². The Morgan fingerprint density at radius 1 is 1.15 bits per heavy atom. The van der Waals surface area contributed by atoms with Gasteiger partial charge in [-0.2, -0.15) is 0 Å². The van der Waals surface area contributed by atoms with Crippen LogP contribution >= 0.6 is 22.6 Å². The van der Waals surface area contributed by atoms with Crippen molar-refractivity contribution in [3.8, 4) is 17.1 Å². The number of benzene rings is 1. The molecule has 0 unspecified atom stereocenters. The van der Waals surface area contributed by atoms with Crippen LogP contribution in [0, 0.1) is 10.5 Å². The zero-order valence-corrected chi connectivity index (χ0v) is 12.4. The second-order valence-corrected chi connectivity index (χ2v) is 4.98. The Hall–Kier alpha value is -1.58. The van der Waals surface area contributed by atoms with Crippen molar-refractivity contribution >= 4 is 28.4 Å². The summed E-state index contributed by atoms with van der Waals surface area (Å²) in [4.78, 5) is 8.35. The second kappa shape index (κ2) is 5.43. The van der Waals surface area contributed by atoms with Crippen LogP contribution < -0.4 is 10.5 Å². The van der Waals surface area contributed by atoms with Gasteiger partial charge in [0, 0.05) is 5.56 Å². The highest BCUT2D eigenvalue weighted by atomic mass is 127. The number of alkyl halides is 3. The Morgan fingerprint density at radius 3 is 2.25 bits per heavy atom. The summed E-state index contributed by atoms with van der Waals surface area (Å²) in [6, 6.07) is 5.30. The van der Waals surface area contributed by atoms with Gasteiger partial charge in [0.05, 0.1) is 9.26 Å². The zero-order chi connectivity index (χ0) is 14.9. The van der Waals surface area contributed by atoms with Crippen LogP contribution in [0.15, 0.2) is 24.3 Å². The second-order valence-electron chi connectivity index (χ2n) is 3.90. The fourth-order valence-electron chi connectivity index (χ4n) is 1.52. The number of aromatic nitrogens is 2. The molecular formula is C12H9F3IN3O. The minimum Gasteiger partial charge on any atom is -0.406 e. The molecule has 0 aliphatic carbocycles. The monoisotopic (exact) mass is 395 g/mol. The highest BCUT2D eigenvalue weighted by Gasteiger charge is 2.31. The number of nitrogens with two attached hydrogens (primary N) is 1. The first-order valence-corrected chi connectivity index (χ1v) is 6.50. The van der Waals surface area contributed by atoms with Crippen molar-refractivity contribution in [3.05, 3.63) is 33.5 Å². The highest BCUT2D eigenvalue weighted by Crippen LogP contribution is 2.26. The maximum atomic E-state index is 12.1. The molecule has 0 saturated heterocycles. The van der Waals surface area contributed by atoms with Gasteiger partial charge in [-0.1, -0.05) is 0 Å². The van der Waals surface area contributed by atoms with E-state index in [1.807, 2.05) is 22.6 Å². The Kier molecular flexibility index (Phi) is 4.02. The number of anilines is 1. The number of rotatable bonds is 2. The SMILES string of the molecule is Cc1nc(-c2ccc(OC(F)(F)F)cc2)nc(N)c1I. The Balaban J connectivity index is 2.31. The number of nitrogens with zero attached hydrogens (tertiary/aromatic N) is 2. The first-order chi connectivity index (χ1) is 9.26. The van der Waals surface area contributed by atoms with Crippen LogP contribution in [0.5, 0.6) is 5.75 Å². The molecule has 2 N–H and O–H groups in total. The minimum atomic E-state index is -4.71. The lowest BCUT2D eigenvalue weighted by molar-refractivity contribution is -0.274. The summed E-state index contributed by atoms with van der Waals surface area (Å²) in [5.41, 5.74) is 7.01. The van der Waals surface area contributed by atoms with E-state index < -0.39 is 6.36 Å². The van der Waals surface area contributed by atoms with E-state index in [4.69, 9.17) is 5.73 Å². The third-order valence-corrected chi connectivity index (χ3v) is 3.72. The molecule has 0 radical (unpaired) electrons. The molecule has 106 valence electrons. The molecular weight excluding hydrogens is 386 g/mol. The number of ether oxygens (including phenoxy) is 1. The van der Waals surface area contributed by atoms with Gasteiger partial charge in [-0.3, -0.25) is 0 Å². The van der Waals surface area contributed by atoms with Gasteiger partial charge in [-0.25, -0.2) is 9.97 Å². The number of hydrogen-bond donors (Lipinski definition) is 1. The number of hydrogen-bond acceptors (Lipinski definition) is 4. The van der Waals surface area contributed by atoms with Gasteiger partial charge in [0.15, 0.2) is 5.82 Å². The van der Waals surface area contributed by atoms with Gasteiger partial charge in [-0.05, 0) is 53.8 Å². The van der Waals surface area contributed by atoms with Crippen LogP contribution in [0.4, 0.5) is 19.0 Å². The largest absolute Gasteiger partial charge is 0.573 e. The smallest absolute Gasteiger partial charge is 0.406 e. The van der Waals surface area contributed by atoms with Gasteiger partial charge in [0.2, 0.25) is 0 Å². The maximum Gasteiger partial charge on any atom is 0.573 e. The number of halogens is 4. The average Bonchev–Trinajstić information content (AvgIpc) is 2.34. The lowest BCUT2D eigenvalue weighted by Gasteiger charge is -2.09.